The van der Waals surface area contributed by atoms with Gasteiger partial charge in [0.25, 0.3) is 0 Å². The maximum Gasteiger partial charge on any atom is 0.178 e. The Labute approximate surface area is 167 Å². The molecule has 0 bridgehead atoms. The van der Waals surface area contributed by atoms with E-state index < -0.39 is 0 Å². The fourth-order valence-corrected chi connectivity index (χ4v) is 3.72. The zero-order valence-electron chi connectivity index (χ0n) is 15.6. The van der Waals surface area contributed by atoms with Gasteiger partial charge in [-0.2, -0.15) is 0 Å². The lowest BCUT2D eigenvalue weighted by molar-refractivity contribution is 0.311. The number of aryl methyl sites for hydroxylation is 1. The number of aliphatic hydroxyl groups excluding tert-OH is 1. The molecule has 0 atom stereocenters. The number of hydrogen-bond acceptors (Lipinski definition) is 6. The van der Waals surface area contributed by atoms with Gasteiger partial charge in [-0.15, -0.1) is 0 Å². The van der Waals surface area contributed by atoms with Crippen molar-refractivity contribution in [3.63, 3.8) is 0 Å². The highest BCUT2D eigenvalue weighted by Gasteiger charge is 2.10. The molecule has 8 heteroatoms. The Morgan fingerprint density at radius 3 is 2.86 bits per heavy atom. The van der Waals surface area contributed by atoms with Crippen molar-refractivity contribution in [3.8, 4) is 0 Å². The summed E-state index contributed by atoms with van der Waals surface area (Å²) < 4.78 is 2.77. The Morgan fingerprint density at radius 1 is 1.18 bits per heavy atom. The van der Waals surface area contributed by atoms with Gasteiger partial charge in [-0.1, -0.05) is 18.2 Å². The maximum absolute atomic E-state index is 9.06. The van der Waals surface area contributed by atoms with Crippen molar-refractivity contribution in [3.05, 3.63) is 53.1 Å². The smallest absolute Gasteiger partial charge is 0.178 e. The minimum absolute atomic E-state index is 0.0903. The van der Waals surface area contributed by atoms with Gasteiger partial charge in [0, 0.05) is 30.7 Å². The molecule has 0 saturated carbocycles. The third kappa shape index (κ3) is 3.44. The number of H-pyrrole nitrogens is 1. The summed E-state index contributed by atoms with van der Waals surface area (Å²) in [7, 11) is 0. The number of nitrogens with one attached hydrogen (secondary N) is 3. The van der Waals surface area contributed by atoms with E-state index in [1.807, 2.05) is 36.4 Å². The lowest BCUT2D eigenvalue weighted by atomic mass is 10.1. The Kier molecular flexibility index (Phi) is 5.23. The van der Waals surface area contributed by atoms with Crippen LogP contribution in [0.5, 0.6) is 0 Å². The molecule has 4 N–H and O–H groups in total. The van der Waals surface area contributed by atoms with Crippen LogP contribution in [0.2, 0.25) is 0 Å². The van der Waals surface area contributed by atoms with E-state index in [1.165, 1.54) is 0 Å². The number of fused-ring (bicyclic) bond motifs is 2. The van der Waals surface area contributed by atoms with Crippen LogP contribution in [-0.4, -0.2) is 37.8 Å². The predicted molar refractivity (Wildman–Crippen MR) is 115 cm³/mol. The number of rotatable bonds is 7. The molecule has 0 aliphatic rings. The normalized spacial score (nSPS) is 11.2. The molecule has 7 nitrogen and oxygen atoms in total. The second kappa shape index (κ2) is 7.95. The number of hydrogen-bond donors (Lipinski definition) is 4. The molecule has 0 fully saturated rings. The molecule has 4 aromatic rings. The lowest BCUT2D eigenvalue weighted by Gasteiger charge is -2.13. The number of aromatic amines is 1. The summed E-state index contributed by atoms with van der Waals surface area (Å²) in [4.78, 5) is 12.1. The van der Waals surface area contributed by atoms with Gasteiger partial charge in [0.2, 0.25) is 0 Å². The number of anilines is 2. The van der Waals surface area contributed by atoms with Crippen LogP contribution in [0.1, 0.15) is 12.5 Å². The molecule has 0 saturated heterocycles. The molecule has 0 aliphatic carbocycles. The largest absolute Gasteiger partial charge is 0.395 e. The first-order valence-corrected chi connectivity index (χ1v) is 9.66. The van der Waals surface area contributed by atoms with Crippen LogP contribution in [0.3, 0.4) is 0 Å². The summed E-state index contributed by atoms with van der Waals surface area (Å²) >= 11 is 5.42. The molecule has 2 aromatic heterocycles. The molecule has 2 heterocycles. The van der Waals surface area contributed by atoms with E-state index in [2.05, 4.69) is 37.1 Å². The quantitative estimate of drug-likeness (QED) is 0.358. The summed E-state index contributed by atoms with van der Waals surface area (Å²) in [6, 6.07) is 12.1. The third-order valence-electron chi connectivity index (χ3n) is 4.74. The minimum Gasteiger partial charge on any atom is -0.395 e. The van der Waals surface area contributed by atoms with Gasteiger partial charge in [0.15, 0.2) is 4.77 Å². The summed E-state index contributed by atoms with van der Waals surface area (Å²) in [6.45, 7) is 4.08. The molecule has 0 radical (unpaired) electrons. The topological polar surface area (TPSA) is 90.8 Å². The highest BCUT2D eigenvalue weighted by molar-refractivity contribution is 7.71. The number of aromatic nitrogens is 4. The van der Waals surface area contributed by atoms with Gasteiger partial charge < -0.3 is 25.3 Å². The average Bonchev–Trinajstić information content (AvgIpc) is 3.03. The Balaban J connectivity index is 1.68. The van der Waals surface area contributed by atoms with E-state index >= 15 is 0 Å². The standard InChI is InChI=1S/C20H22N6OS/c1-2-26-18-10-16-14(9-17(18)25-20(26)28)19(24-12-23-16)22-11-13-5-3-4-6-15(13)21-7-8-27/h3-6,9-10,12,21,27H,2,7-8,11H2,1H3,(H,25,28)(H,22,23,24). The number of imidazole rings is 1. The van der Waals surface area contributed by atoms with Gasteiger partial charge in [-0.3, -0.25) is 0 Å². The van der Waals surface area contributed by atoms with Crippen LogP contribution in [-0.2, 0) is 13.1 Å². The van der Waals surface area contributed by atoms with Crippen LogP contribution in [0.15, 0.2) is 42.7 Å². The zero-order chi connectivity index (χ0) is 19.5. The summed E-state index contributed by atoms with van der Waals surface area (Å²) in [5.74, 6) is 0.771. The van der Waals surface area contributed by atoms with E-state index in [0.29, 0.717) is 17.9 Å². The van der Waals surface area contributed by atoms with Crippen LogP contribution in [0.4, 0.5) is 11.5 Å². The molecule has 0 spiro atoms. The second-order valence-corrected chi connectivity index (χ2v) is 6.83. The highest BCUT2D eigenvalue weighted by atomic mass is 32.1. The average molecular weight is 395 g/mol. The van der Waals surface area contributed by atoms with E-state index in [9.17, 15) is 0 Å². The first kappa shape index (κ1) is 18.4. The molecule has 144 valence electrons. The van der Waals surface area contributed by atoms with Gasteiger partial charge in [0.1, 0.15) is 12.1 Å². The van der Waals surface area contributed by atoms with Crippen LogP contribution < -0.4 is 10.6 Å². The molecule has 0 amide bonds. The van der Waals surface area contributed by atoms with Crippen LogP contribution >= 0.6 is 12.2 Å². The fourth-order valence-electron chi connectivity index (χ4n) is 3.38. The Bertz CT molecular complexity index is 1180. The van der Waals surface area contributed by atoms with Crippen molar-refractivity contribution < 1.29 is 5.11 Å². The van der Waals surface area contributed by atoms with Gasteiger partial charge >= 0.3 is 0 Å². The molecule has 0 aliphatic heterocycles. The summed E-state index contributed by atoms with van der Waals surface area (Å²) in [5, 5.41) is 16.7. The first-order chi connectivity index (χ1) is 13.7. The SMILES string of the molecule is CCn1c(=S)[nH]c2cc3c(NCc4ccccc4NCCO)ncnc3cc21. The van der Waals surface area contributed by atoms with Crippen molar-refractivity contribution in [1.29, 1.82) is 0 Å². The minimum atomic E-state index is 0.0903. The lowest BCUT2D eigenvalue weighted by Crippen LogP contribution is -2.10. The second-order valence-electron chi connectivity index (χ2n) is 6.44. The van der Waals surface area contributed by atoms with E-state index in [0.717, 1.165) is 45.5 Å². The van der Waals surface area contributed by atoms with E-state index in [1.54, 1.807) is 6.33 Å². The molecule has 2 aromatic carbocycles. The molecular formula is C20H22N6OS. The molecule has 0 unspecified atom stereocenters. The first-order valence-electron chi connectivity index (χ1n) is 9.25. The third-order valence-corrected chi connectivity index (χ3v) is 5.06. The fraction of sp³-hybridized carbons (Fsp3) is 0.250. The van der Waals surface area contributed by atoms with Crippen molar-refractivity contribution in [2.45, 2.75) is 20.0 Å². The summed E-state index contributed by atoms with van der Waals surface area (Å²) in [5.41, 5.74) is 4.98. The predicted octanol–water partition coefficient (Wildman–Crippen LogP) is 3.68. The number of aliphatic hydroxyl groups is 1. The van der Waals surface area contributed by atoms with Gasteiger partial charge in [0.05, 0.1) is 23.2 Å². The van der Waals surface area contributed by atoms with Crippen molar-refractivity contribution in [1.82, 2.24) is 19.5 Å². The molecule has 28 heavy (non-hydrogen) atoms. The Hall–Kier alpha value is -2.97. The maximum atomic E-state index is 9.06. The molecular weight excluding hydrogens is 372 g/mol. The van der Waals surface area contributed by atoms with Crippen molar-refractivity contribution >= 4 is 45.7 Å². The number of para-hydroxylation sites is 1. The van der Waals surface area contributed by atoms with E-state index in [-0.39, 0.29) is 6.61 Å². The monoisotopic (exact) mass is 394 g/mol. The molecule has 4 rings (SSSR count). The van der Waals surface area contributed by atoms with Gasteiger partial charge in [-0.25, -0.2) is 9.97 Å². The summed E-state index contributed by atoms with van der Waals surface area (Å²) in [6.07, 6.45) is 1.57. The van der Waals surface area contributed by atoms with Crippen molar-refractivity contribution in [2.75, 3.05) is 23.8 Å². The number of nitrogens with zero attached hydrogens (tertiary/aromatic N) is 3. The van der Waals surface area contributed by atoms with Crippen LogP contribution in [0.25, 0.3) is 21.9 Å². The zero-order valence-corrected chi connectivity index (χ0v) is 16.4. The van der Waals surface area contributed by atoms with Gasteiger partial charge in [-0.05, 0) is 42.9 Å². The number of benzene rings is 2. The van der Waals surface area contributed by atoms with Crippen LogP contribution in [0, 0.1) is 4.77 Å². The van der Waals surface area contributed by atoms with Crippen molar-refractivity contribution in [2.24, 2.45) is 0 Å². The Morgan fingerprint density at radius 2 is 2.04 bits per heavy atom. The van der Waals surface area contributed by atoms with E-state index in [4.69, 9.17) is 17.3 Å². The highest BCUT2D eigenvalue weighted by Crippen LogP contribution is 2.26.